The molecule has 0 unspecified atom stereocenters. The molecule has 0 fully saturated rings. The second kappa shape index (κ2) is 12.5. The van der Waals surface area contributed by atoms with Gasteiger partial charge in [0.15, 0.2) is 5.58 Å². The van der Waals surface area contributed by atoms with E-state index < -0.39 is 5.41 Å². The quantitative estimate of drug-likeness (QED) is 0.167. The van der Waals surface area contributed by atoms with Crippen LogP contribution in [0.5, 0.6) is 0 Å². The first-order valence-corrected chi connectivity index (χ1v) is 21.4. The molecule has 12 aromatic rings. The van der Waals surface area contributed by atoms with Gasteiger partial charge in [0.1, 0.15) is 5.52 Å². The van der Waals surface area contributed by atoms with Gasteiger partial charge < -0.3 is 4.42 Å². The molecule has 62 heavy (non-hydrogen) atoms. The second-order valence-electron chi connectivity index (χ2n) is 17.0. The van der Waals surface area contributed by atoms with Gasteiger partial charge in [-0.3, -0.25) is 0 Å². The molecule has 286 valence electrons. The maximum Gasteiger partial charge on any atom is 0.227 e. The molecule has 0 aliphatic heterocycles. The third-order valence-electron chi connectivity index (χ3n) is 13.9. The van der Waals surface area contributed by atoms with Crippen LogP contribution in [0.25, 0.3) is 110 Å². The Bertz CT molecular complexity index is 3830. The topological polar surface area (TPSA) is 26.0 Å². The molecule has 11 aromatic carbocycles. The summed E-state index contributed by atoms with van der Waals surface area (Å²) in [5.74, 6) is 0.636. The van der Waals surface area contributed by atoms with Crippen LogP contribution in [0.4, 0.5) is 0 Å². The van der Waals surface area contributed by atoms with Crippen molar-refractivity contribution in [1.82, 2.24) is 4.98 Å². The summed E-state index contributed by atoms with van der Waals surface area (Å²) < 4.78 is 6.61. The Hall–Kier alpha value is -8.07. The first-order valence-electron chi connectivity index (χ1n) is 21.4. The van der Waals surface area contributed by atoms with Crippen LogP contribution in [0.3, 0.4) is 0 Å². The van der Waals surface area contributed by atoms with Crippen molar-refractivity contribution < 1.29 is 4.42 Å². The molecule has 2 heteroatoms. The number of aromatic nitrogens is 1. The summed E-state index contributed by atoms with van der Waals surface area (Å²) in [6.45, 7) is 0. The highest BCUT2D eigenvalue weighted by atomic mass is 16.3. The Morgan fingerprint density at radius 3 is 1.79 bits per heavy atom. The van der Waals surface area contributed by atoms with Crippen molar-refractivity contribution >= 4 is 54.2 Å². The van der Waals surface area contributed by atoms with Gasteiger partial charge in [-0.25, -0.2) is 4.98 Å². The zero-order chi connectivity index (χ0) is 40.5. The molecule has 0 saturated carbocycles. The van der Waals surface area contributed by atoms with E-state index in [9.17, 15) is 0 Å². The number of rotatable bonds is 3. The van der Waals surface area contributed by atoms with Gasteiger partial charge in [0.25, 0.3) is 0 Å². The summed E-state index contributed by atoms with van der Waals surface area (Å²) in [7, 11) is 0. The zero-order valence-electron chi connectivity index (χ0n) is 33.6. The van der Waals surface area contributed by atoms with Crippen molar-refractivity contribution in [2.24, 2.45) is 0 Å². The average molecular weight is 786 g/mol. The standard InChI is InChI=1S/C60H35NO/c1-2-13-39(14-3-1)59-61-55-31-28-38-24-22-37-23-25-40(33-51(37)56(38)58(55)62-59)43-32-41-15-5-6-16-44(41)50(34-43)42-27-29-48-49-30-26-36-12-4-7-17-45(36)57(49)60(54(48)35-42)52-20-10-8-18-46(52)47-19-9-11-21-53(47)60/h1-35H. The second-order valence-corrected chi connectivity index (χ2v) is 17.0. The smallest absolute Gasteiger partial charge is 0.227 e. The molecular weight excluding hydrogens is 751 g/mol. The SMILES string of the molecule is c1ccc(-c2nc3ccc4ccc5ccc(-c6cc(-c7ccc8c(c7)C7(c9ccccc9-c9ccccc97)c7c-8ccc8ccccc78)c7ccccc7c6)cc5c4c3o2)cc1. The molecule has 1 spiro atoms. The van der Waals surface area contributed by atoms with E-state index in [4.69, 9.17) is 9.40 Å². The van der Waals surface area contributed by atoms with Crippen LogP contribution in [-0.2, 0) is 5.41 Å². The molecule has 1 aromatic heterocycles. The maximum atomic E-state index is 6.61. The third kappa shape index (κ3) is 4.50. The van der Waals surface area contributed by atoms with Crippen molar-refractivity contribution in [3.63, 3.8) is 0 Å². The molecule has 0 radical (unpaired) electrons. The van der Waals surface area contributed by atoms with Crippen molar-refractivity contribution in [2.75, 3.05) is 0 Å². The number of benzene rings is 11. The highest BCUT2D eigenvalue weighted by Gasteiger charge is 2.52. The van der Waals surface area contributed by atoms with E-state index in [-0.39, 0.29) is 0 Å². The Labute approximate surface area is 358 Å². The van der Waals surface area contributed by atoms with E-state index in [1.54, 1.807) is 0 Å². The summed E-state index contributed by atoms with van der Waals surface area (Å²) in [5.41, 5.74) is 17.6. The van der Waals surface area contributed by atoms with Gasteiger partial charge in [-0.15, -0.1) is 0 Å². The largest absolute Gasteiger partial charge is 0.435 e. The maximum absolute atomic E-state index is 6.61. The highest BCUT2D eigenvalue weighted by molar-refractivity contribution is 6.19. The Morgan fingerprint density at radius 2 is 0.952 bits per heavy atom. The van der Waals surface area contributed by atoms with Crippen molar-refractivity contribution in [3.05, 3.63) is 235 Å². The molecule has 2 aliphatic carbocycles. The van der Waals surface area contributed by atoms with E-state index >= 15 is 0 Å². The zero-order valence-corrected chi connectivity index (χ0v) is 33.6. The lowest BCUT2D eigenvalue weighted by Gasteiger charge is -2.31. The van der Waals surface area contributed by atoms with Crippen LogP contribution in [-0.4, -0.2) is 4.98 Å². The first-order chi connectivity index (χ1) is 30.7. The van der Waals surface area contributed by atoms with Gasteiger partial charge in [-0.2, -0.15) is 0 Å². The monoisotopic (exact) mass is 785 g/mol. The van der Waals surface area contributed by atoms with E-state index in [0.717, 1.165) is 38.4 Å². The predicted molar refractivity (Wildman–Crippen MR) is 257 cm³/mol. The van der Waals surface area contributed by atoms with E-state index in [0.29, 0.717) is 5.89 Å². The number of hydrogen-bond acceptors (Lipinski definition) is 2. The minimum Gasteiger partial charge on any atom is -0.435 e. The van der Waals surface area contributed by atoms with Gasteiger partial charge in [0.05, 0.1) is 5.41 Å². The van der Waals surface area contributed by atoms with Crippen LogP contribution in [0.1, 0.15) is 22.3 Å². The van der Waals surface area contributed by atoms with Gasteiger partial charge in [-0.1, -0.05) is 170 Å². The molecule has 0 atom stereocenters. The number of fused-ring (bicyclic) bond motifs is 18. The normalized spacial score (nSPS) is 13.3. The minimum atomic E-state index is -0.464. The van der Waals surface area contributed by atoms with Crippen LogP contribution in [0, 0.1) is 0 Å². The number of nitrogens with zero attached hydrogens (tertiary/aromatic N) is 1. The average Bonchev–Trinajstić information content (AvgIpc) is 4.01. The van der Waals surface area contributed by atoms with Crippen LogP contribution in [0.2, 0.25) is 0 Å². The van der Waals surface area contributed by atoms with Crippen molar-refractivity contribution in [2.45, 2.75) is 5.41 Å². The summed E-state index contributed by atoms with van der Waals surface area (Å²) >= 11 is 0. The summed E-state index contributed by atoms with van der Waals surface area (Å²) in [6, 6.07) is 78.4. The molecule has 0 amide bonds. The van der Waals surface area contributed by atoms with Gasteiger partial charge in [0.2, 0.25) is 5.89 Å². The fourth-order valence-corrected chi connectivity index (χ4v) is 11.2. The molecule has 14 rings (SSSR count). The third-order valence-corrected chi connectivity index (χ3v) is 13.9. The van der Waals surface area contributed by atoms with Gasteiger partial charge in [0, 0.05) is 10.9 Å². The van der Waals surface area contributed by atoms with Crippen LogP contribution >= 0.6 is 0 Å². The summed E-state index contributed by atoms with van der Waals surface area (Å²) in [5, 5.41) is 9.57. The molecule has 0 bridgehead atoms. The molecule has 0 N–H and O–H groups in total. The number of oxazole rings is 1. The fourth-order valence-electron chi connectivity index (χ4n) is 11.2. The minimum absolute atomic E-state index is 0.464. The van der Waals surface area contributed by atoms with Gasteiger partial charge >= 0.3 is 0 Å². The highest BCUT2D eigenvalue weighted by Crippen LogP contribution is 2.64. The van der Waals surface area contributed by atoms with E-state index in [2.05, 4.69) is 182 Å². The molecule has 1 heterocycles. The Balaban J connectivity index is 1.00. The van der Waals surface area contributed by atoms with Crippen molar-refractivity contribution in [1.29, 1.82) is 0 Å². The molecular formula is C60H35NO. The molecule has 2 nitrogen and oxygen atoms in total. The molecule has 2 aliphatic rings. The predicted octanol–water partition coefficient (Wildman–Crippen LogP) is 15.8. The molecule has 0 saturated heterocycles. The van der Waals surface area contributed by atoms with Gasteiger partial charge in [-0.05, 0) is 147 Å². The summed E-state index contributed by atoms with van der Waals surface area (Å²) in [4.78, 5) is 4.94. The van der Waals surface area contributed by atoms with Crippen molar-refractivity contribution in [3.8, 4) is 56.0 Å². The summed E-state index contributed by atoms with van der Waals surface area (Å²) in [6.07, 6.45) is 0. The lowest BCUT2D eigenvalue weighted by molar-refractivity contribution is 0.623. The van der Waals surface area contributed by atoms with E-state index in [1.165, 1.54) is 88.1 Å². The first kappa shape index (κ1) is 33.7. The lowest BCUT2D eigenvalue weighted by Crippen LogP contribution is -2.26. The van der Waals surface area contributed by atoms with Crippen LogP contribution < -0.4 is 0 Å². The van der Waals surface area contributed by atoms with Crippen LogP contribution in [0.15, 0.2) is 217 Å². The van der Waals surface area contributed by atoms with E-state index in [1.807, 2.05) is 30.3 Å². The Morgan fingerprint density at radius 1 is 0.339 bits per heavy atom. The lowest BCUT2D eigenvalue weighted by atomic mass is 9.69. The fraction of sp³-hybridized carbons (Fsp3) is 0.0167. The Kier molecular flexibility index (Phi) is 6.79. The number of hydrogen-bond donors (Lipinski definition) is 0.